The lowest BCUT2D eigenvalue weighted by atomic mass is 10.1. The van der Waals surface area contributed by atoms with E-state index in [0.29, 0.717) is 10.0 Å². The summed E-state index contributed by atoms with van der Waals surface area (Å²) in [6.07, 6.45) is 6.42. The summed E-state index contributed by atoms with van der Waals surface area (Å²) >= 11 is 14.2. The molecule has 3 aromatic carbocycles. The summed E-state index contributed by atoms with van der Waals surface area (Å²) in [7, 11) is 0. The summed E-state index contributed by atoms with van der Waals surface area (Å²) in [6, 6.07) is 20.6. The van der Waals surface area contributed by atoms with Crippen molar-refractivity contribution in [3.05, 3.63) is 95.0 Å². The lowest BCUT2D eigenvalue weighted by Crippen LogP contribution is -2.07. The molecule has 0 bridgehead atoms. The SMILES string of the molecule is Clc1ccc(CC(Sc2ccc3ccccc3c2)n2ccnc2)c(Cl)c1. The Morgan fingerprint density at radius 3 is 2.58 bits per heavy atom. The van der Waals surface area contributed by atoms with Crippen molar-refractivity contribution in [1.82, 2.24) is 9.55 Å². The predicted octanol–water partition coefficient (Wildman–Crippen LogP) is 6.88. The molecule has 0 aliphatic carbocycles. The third-order valence-electron chi connectivity index (χ3n) is 4.26. The molecule has 0 saturated heterocycles. The van der Waals surface area contributed by atoms with E-state index >= 15 is 0 Å². The molecule has 4 aromatic rings. The maximum Gasteiger partial charge on any atom is 0.0955 e. The quantitative estimate of drug-likeness (QED) is 0.341. The number of fused-ring (bicyclic) bond motifs is 1. The van der Waals surface area contributed by atoms with E-state index in [-0.39, 0.29) is 5.37 Å². The van der Waals surface area contributed by atoms with E-state index in [4.69, 9.17) is 23.2 Å². The van der Waals surface area contributed by atoms with Crippen molar-refractivity contribution in [3.8, 4) is 0 Å². The van der Waals surface area contributed by atoms with Gasteiger partial charge in [-0.25, -0.2) is 4.98 Å². The van der Waals surface area contributed by atoms with Crippen LogP contribution >= 0.6 is 35.0 Å². The van der Waals surface area contributed by atoms with Gasteiger partial charge in [0.15, 0.2) is 0 Å². The second-order valence-electron chi connectivity index (χ2n) is 6.03. The minimum Gasteiger partial charge on any atom is -0.324 e. The van der Waals surface area contributed by atoms with Crippen molar-refractivity contribution in [1.29, 1.82) is 0 Å². The van der Waals surface area contributed by atoms with Crippen molar-refractivity contribution in [3.63, 3.8) is 0 Å². The standard InChI is InChI=1S/C21H16Cl2N2S/c22-18-7-5-17(20(23)13-18)12-21(25-10-9-24-14-25)26-19-8-6-15-3-1-2-4-16(15)11-19/h1-11,13-14,21H,12H2. The Bertz CT molecular complexity index is 1030. The molecular formula is C21H16Cl2N2S. The topological polar surface area (TPSA) is 17.8 Å². The van der Waals surface area contributed by atoms with E-state index in [1.807, 2.05) is 24.7 Å². The Hall–Kier alpha value is -1.94. The largest absolute Gasteiger partial charge is 0.324 e. The number of thioether (sulfide) groups is 1. The van der Waals surface area contributed by atoms with Gasteiger partial charge in [0.2, 0.25) is 0 Å². The third kappa shape index (κ3) is 3.90. The molecule has 5 heteroatoms. The molecule has 1 unspecified atom stereocenters. The molecule has 1 atom stereocenters. The fourth-order valence-corrected chi connectivity index (χ4v) is 4.57. The van der Waals surface area contributed by atoms with Crippen molar-refractivity contribution >= 4 is 45.7 Å². The van der Waals surface area contributed by atoms with Crippen LogP contribution in [0, 0.1) is 0 Å². The number of aromatic nitrogens is 2. The Kier molecular flexibility index (Phi) is 5.21. The van der Waals surface area contributed by atoms with E-state index in [2.05, 4.69) is 52.0 Å². The maximum atomic E-state index is 6.40. The fraction of sp³-hybridized carbons (Fsp3) is 0.0952. The number of rotatable bonds is 5. The van der Waals surface area contributed by atoms with Crippen molar-refractivity contribution in [2.45, 2.75) is 16.7 Å². The number of benzene rings is 3. The van der Waals surface area contributed by atoms with E-state index in [9.17, 15) is 0 Å². The van der Waals surface area contributed by atoms with Gasteiger partial charge in [0, 0.05) is 33.8 Å². The highest BCUT2D eigenvalue weighted by Crippen LogP contribution is 2.36. The zero-order chi connectivity index (χ0) is 17.9. The van der Waals surface area contributed by atoms with Crippen LogP contribution in [0.2, 0.25) is 10.0 Å². The molecule has 0 aliphatic rings. The van der Waals surface area contributed by atoms with Gasteiger partial charge in [-0.3, -0.25) is 0 Å². The van der Waals surface area contributed by atoms with Crippen LogP contribution in [0.4, 0.5) is 0 Å². The summed E-state index contributed by atoms with van der Waals surface area (Å²) in [5.74, 6) is 0. The Morgan fingerprint density at radius 1 is 0.962 bits per heavy atom. The molecule has 0 amide bonds. The van der Waals surface area contributed by atoms with Gasteiger partial charge in [-0.05, 0) is 40.6 Å². The van der Waals surface area contributed by atoms with Crippen LogP contribution in [-0.2, 0) is 6.42 Å². The van der Waals surface area contributed by atoms with Crippen molar-refractivity contribution in [2.75, 3.05) is 0 Å². The first-order valence-electron chi connectivity index (χ1n) is 8.26. The van der Waals surface area contributed by atoms with Crippen LogP contribution in [0.5, 0.6) is 0 Å². The minimum atomic E-state index is 0.150. The predicted molar refractivity (Wildman–Crippen MR) is 111 cm³/mol. The minimum absolute atomic E-state index is 0.150. The molecule has 0 spiro atoms. The van der Waals surface area contributed by atoms with Crippen LogP contribution in [0.15, 0.2) is 84.3 Å². The van der Waals surface area contributed by atoms with Gasteiger partial charge in [0.1, 0.15) is 0 Å². The van der Waals surface area contributed by atoms with Gasteiger partial charge in [0.25, 0.3) is 0 Å². The van der Waals surface area contributed by atoms with E-state index in [1.54, 1.807) is 24.0 Å². The first-order valence-corrected chi connectivity index (χ1v) is 9.89. The van der Waals surface area contributed by atoms with Crippen LogP contribution in [0.1, 0.15) is 10.9 Å². The number of imidazole rings is 1. The molecule has 4 rings (SSSR count). The molecule has 2 nitrogen and oxygen atoms in total. The lowest BCUT2D eigenvalue weighted by molar-refractivity contribution is 0.674. The molecule has 0 aliphatic heterocycles. The van der Waals surface area contributed by atoms with Crippen LogP contribution in [-0.4, -0.2) is 9.55 Å². The van der Waals surface area contributed by atoms with Gasteiger partial charge in [-0.15, -0.1) is 11.8 Å². The summed E-state index contributed by atoms with van der Waals surface area (Å²) in [5.41, 5.74) is 1.07. The highest BCUT2D eigenvalue weighted by Gasteiger charge is 2.15. The Balaban J connectivity index is 1.64. The smallest absolute Gasteiger partial charge is 0.0955 e. The molecule has 26 heavy (non-hydrogen) atoms. The number of nitrogens with zero attached hydrogens (tertiary/aromatic N) is 2. The van der Waals surface area contributed by atoms with Gasteiger partial charge in [-0.2, -0.15) is 0 Å². The summed E-state index contributed by atoms with van der Waals surface area (Å²) in [5, 5.41) is 3.99. The zero-order valence-electron chi connectivity index (χ0n) is 13.8. The number of hydrogen-bond donors (Lipinski definition) is 0. The van der Waals surface area contributed by atoms with Gasteiger partial charge in [0.05, 0.1) is 11.7 Å². The molecule has 0 fully saturated rings. The molecular weight excluding hydrogens is 383 g/mol. The maximum absolute atomic E-state index is 6.40. The molecule has 0 saturated carbocycles. The molecule has 0 radical (unpaired) electrons. The fourth-order valence-electron chi connectivity index (χ4n) is 2.92. The highest BCUT2D eigenvalue weighted by atomic mass is 35.5. The monoisotopic (exact) mass is 398 g/mol. The molecule has 130 valence electrons. The van der Waals surface area contributed by atoms with Crippen molar-refractivity contribution in [2.24, 2.45) is 0 Å². The van der Waals surface area contributed by atoms with E-state index in [1.165, 1.54) is 15.7 Å². The third-order valence-corrected chi connectivity index (χ3v) is 6.06. The molecule has 0 N–H and O–H groups in total. The normalized spacial score (nSPS) is 12.4. The van der Waals surface area contributed by atoms with Crippen LogP contribution in [0.3, 0.4) is 0 Å². The average molecular weight is 399 g/mol. The average Bonchev–Trinajstić information content (AvgIpc) is 3.18. The number of hydrogen-bond acceptors (Lipinski definition) is 2. The summed E-state index contributed by atoms with van der Waals surface area (Å²) in [4.78, 5) is 5.42. The highest BCUT2D eigenvalue weighted by molar-refractivity contribution is 7.99. The lowest BCUT2D eigenvalue weighted by Gasteiger charge is -2.19. The van der Waals surface area contributed by atoms with E-state index < -0.39 is 0 Å². The number of halogens is 2. The first-order chi connectivity index (χ1) is 12.7. The molecule has 1 heterocycles. The zero-order valence-corrected chi connectivity index (χ0v) is 16.2. The van der Waals surface area contributed by atoms with Gasteiger partial charge >= 0.3 is 0 Å². The van der Waals surface area contributed by atoms with E-state index in [0.717, 1.165) is 12.0 Å². The summed E-state index contributed by atoms with van der Waals surface area (Å²) < 4.78 is 2.12. The Morgan fingerprint density at radius 2 is 1.81 bits per heavy atom. The first kappa shape index (κ1) is 17.5. The second-order valence-corrected chi connectivity index (χ2v) is 8.13. The van der Waals surface area contributed by atoms with Gasteiger partial charge in [-0.1, -0.05) is 59.6 Å². The second kappa shape index (κ2) is 7.75. The van der Waals surface area contributed by atoms with Gasteiger partial charge < -0.3 is 4.57 Å². The molecule has 1 aromatic heterocycles. The Labute approximate surface area is 166 Å². The van der Waals surface area contributed by atoms with Crippen molar-refractivity contribution < 1.29 is 0 Å². The van der Waals surface area contributed by atoms with Crippen LogP contribution < -0.4 is 0 Å². The summed E-state index contributed by atoms with van der Waals surface area (Å²) in [6.45, 7) is 0. The van der Waals surface area contributed by atoms with Crippen LogP contribution in [0.25, 0.3) is 10.8 Å².